The van der Waals surface area contributed by atoms with E-state index in [1.165, 1.54) is 10.6 Å². The number of amides is 1. The second kappa shape index (κ2) is 8.15. The van der Waals surface area contributed by atoms with E-state index in [0.717, 1.165) is 11.1 Å². The molecule has 36 heavy (non-hydrogen) atoms. The number of ether oxygens (including phenoxy) is 1. The molecular formula is C25H23BrFN3O6. The van der Waals surface area contributed by atoms with Crippen molar-refractivity contribution in [3.8, 4) is 11.4 Å². The van der Waals surface area contributed by atoms with Gasteiger partial charge in [-0.2, -0.15) is 0 Å². The number of carbonyl (C=O) groups is 1. The van der Waals surface area contributed by atoms with Crippen LogP contribution in [0.25, 0.3) is 22.3 Å². The Bertz CT molecular complexity index is 1540. The fourth-order valence-corrected chi connectivity index (χ4v) is 6.36. The van der Waals surface area contributed by atoms with Crippen molar-refractivity contribution in [1.82, 2.24) is 14.9 Å². The van der Waals surface area contributed by atoms with Gasteiger partial charge in [-0.05, 0) is 52.4 Å². The van der Waals surface area contributed by atoms with E-state index in [-0.39, 0.29) is 36.3 Å². The fraction of sp³-hybridized carbons (Fsp3) is 0.400. The molecule has 0 fully saturated rings. The largest absolute Gasteiger partial charge is 0.387 e. The van der Waals surface area contributed by atoms with Gasteiger partial charge in [-0.3, -0.25) is 9.59 Å². The smallest absolute Gasteiger partial charge is 0.257 e. The lowest BCUT2D eigenvalue weighted by molar-refractivity contribution is -0.236. The number of hydrogen-bond donors (Lipinski definition) is 4. The number of benzene rings is 1. The zero-order valence-corrected chi connectivity index (χ0v) is 20.9. The summed E-state index contributed by atoms with van der Waals surface area (Å²) in [5.74, 6) is -0.999. The van der Waals surface area contributed by atoms with Crippen molar-refractivity contribution in [2.75, 3.05) is 6.61 Å². The van der Waals surface area contributed by atoms with Gasteiger partial charge in [0.15, 0.2) is 6.29 Å². The Morgan fingerprint density at radius 1 is 1.36 bits per heavy atom. The Balaban J connectivity index is 1.66. The lowest BCUT2D eigenvalue weighted by Crippen LogP contribution is -2.47. The first kappa shape index (κ1) is 23.7. The van der Waals surface area contributed by atoms with Crippen LogP contribution < -0.4 is 10.9 Å². The molecule has 0 saturated heterocycles. The van der Waals surface area contributed by atoms with Crippen LogP contribution in [0.4, 0.5) is 4.39 Å². The van der Waals surface area contributed by atoms with E-state index in [4.69, 9.17) is 9.72 Å². The topological polar surface area (TPSA) is 134 Å². The number of aliphatic hydroxyl groups is 3. The van der Waals surface area contributed by atoms with Gasteiger partial charge in [0.25, 0.3) is 5.56 Å². The summed E-state index contributed by atoms with van der Waals surface area (Å²) in [6.45, 7) is 1.04. The first-order valence-electron chi connectivity index (χ1n) is 11.7. The highest BCUT2D eigenvalue weighted by Crippen LogP contribution is 2.47. The van der Waals surface area contributed by atoms with Crippen LogP contribution in [-0.4, -0.2) is 43.7 Å². The quantitative estimate of drug-likeness (QED) is 0.301. The monoisotopic (exact) mass is 559 g/mol. The average Bonchev–Trinajstić information content (AvgIpc) is 3.24. The van der Waals surface area contributed by atoms with E-state index in [0.29, 0.717) is 45.2 Å². The molecule has 9 nitrogen and oxygen atoms in total. The number of rotatable bonds is 3. The molecule has 6 rings (SSSR count). The summed E-state index contributed by atoms with van der Waals surface area (Å²) in [4.78, 5) is 30.5. The maximum absolute atomic E-state index is 14.8. The highest BCUT2D eigenvalue weighted by Gasteiger charge is 2.45. The molecule has 0 bridgehead atoms. The van der Waals surface area contributed by atoms with Gasteiger partial charge in [0.1, 0.15) is 18.0 Å². The van der Waals surface area contributed by atoms with Crippen molar-refractivity contribution >= 4 is 32.7 Å². The third-order valence-corrected chi connectivity index (χ3v) is 8.53. The van der Waals surface area contributed by atoms with Crippen LogP contribution in [-0.2, 0) is 34.7 Å². The summed E-state index contributed by atoms with van der Waals surface area (Å²) in [6.07, 6.45) is -0.413. The van der Waals surface area contributed by atoms with Crippen molar-refractivity contribution in [2.24, 2.45) is 0 Å². The summed E-state index contributed by atoms with van der Waals surface area (Å²) in [7, 11) is 0. The lowest BCUT2D eigenvalue weighted by Gasteiger charge is -2.37. The molecule has 2 aromatic heterocycles. The van der Waals surface area contributed by atoms with E-state index in [9.17, 15) is 29.3 Å². The molecule has 3 aliphatic rings. The molecule has 1 aromatic carbocycles. The predicted octanol–water partition coefficient (Wildman–Crippen LogP) is 1.87. The van der Waals surface area contributed by atoms with Crippen LogP contribution in [0.3, 0.4) is 0 Å². The molecule has 188 valence electrons. The number of carbonyl (C=O) groups excluding carboxylic acids is 1. The predicted molar refractivity (Wildman–Crippen MR) is 129 cm³/mol. The molecule has 3 atom stereocenters. The number of hydrogen-bond acceptors (Lipinski definition) is 7. The number of fused-ring (bicyclic) bond motifs is 5. The minimum Gasteiger partial charge on any atom is -0.387 e. The Morgan fingerprint density at radius 3 is 2.86 bits per heavy atom. The first-order valence-corrected chi connectivity index (χ1v) is 12.5. The number of pyridine rings is 2. The van der Waals surface area contributed by atoms with Gasteiger partial charge < -0.3 is 29.9 Å². The molecule has 0 spiro atoms. The van der Waals surface area contributed by atoms with Gasteiger partial charge in [-0.25, -0.2) is 9.37 Å². The highest BCUT2D eigenvalue weighted by molar-refractivity contribution is 9.10. The third kappa shape index (κ3) is 3.10. The molecule has 1 aliphatic carbocycles. The van der Waals surface area contributed by atoms with Gasteiger partial charge in [0.05, 0.1) is 40.6 Å². The first-order chi connectivity index (χ1) is 17.2. The van der Waals surface area contributed by atoms with Gasteiger partial charge in [-0.1, -0.05) is 6.92 Å². The molecule has 4 heterocycles. The molecule has 1 amide bonds. The Morgan fingerprint density at radius 2 is 2.14 bits per heavy atom. The average molecular weight is 560 g/mol. The van der Waals surface area contributed by atoms with Crippen LogP contribution in [0.5, 0.6) is 0 Å². The van der Waals surface area contributed by atoms with Crippen LogP contribution in [0, 0.1) is 5.82 Å². The molecule has 3 aromatic rings. The van der Waals surface area contributed by atoms with Crippen molar-refractivity contribution in [2.45, 2.75) is 57.3 Å². The summed E-state index contributed by atoms with van der Waals surface area (Å²) in [6, 6.07) is 2.51. The summed E-state index contributed by atoms with van der Waals surface area (Å²) in [5.41, 5.74) is 1.89. The molecule has 0 saturated carbocycles. The van der Waals surface area contributed by atoms with Crippen LogP contribution >= 0.6 is 15.9 Å². The Labute approximate surface area is 212 Å². The second-order valence-electron chi connectivity index (χ2n) is 9.47. The summed E-state index contributed by atoms with van der Waals surface area (Å²) < 4.78 is 22.0. The van der Waals surface area contributed by atoms with Gasteiger partial charge in [0, 0.05) is 28.1 Å². The number of aryl methyl sites for hydroxylation is 1. The van der Waals surface area contributed by atoms with Crippen molar-refractivity contribution < 1.29 is 29.2 Å². The molecular weight excluding hydrogens is 537 g/mol. The Kier molecular flexibility index (Phi) is 5.36. The van der Waals surface area contributed by atoms with Gasteiger partial charge >= 0.3 is 0 Å². The van der Waals surface area contributed by atoms with Gasteiger partial charge in [-0.15, -0.1) is 0 Å². The second-order valence-corrected chi connectivity index (χ2v) is 10.3. The zero-order valence-electron chi connectivity index (χ0n) is 19.3. The van der Waals surface area contributed by atoms with E-state index in [2.05, 4.69) is 21.2 Å². The lowest BCUT2D eigenvalue weighted by atomic mass is 9.83. The van der Waals surface area contributed by atoms with Gasteiger partial charge in [0.2, 0.25) is 5.91 Å². The molecule has 4 N–H and O–H groups in total. The highest BCUT2D eigenvalue weighted by atomic mass is 79.9. The molecule has 0 radical (unpaired) electrons. The van der Waals surface area contributed by atoms with E-state index in [1.54, 1.807) is 13.0 Å². The van der Waals surface area contributed by atoms with Crippen LogP contribution in [0.2, 0.25) is 0 Å². The van der Waals surface area contributed by atoms with Crippen molar-refractivity contribution in [3.63, 3.8) is 0 Å². The van der Waals surface area contributed by atoms with E-state index in [1.807, 2.05) is 0 Å². The normalized spacial score (nSPS) is 23.8. The maximum Gasteiger partial charge on any atom is 0.257 e. The molecule has 2 aliphatic heterocycles. The standard InChI is InChI=1S/C25H23BrFN3O6/c1-2-25(35)13-5-17-22-11(7-30(17)23(33)12(13)9-36-24(25)34)20-15(28-18(32)8-31)4-3-10-19(20)16(29-22)6-14(27)21(10)26/h5-6,15,24,31,34-35H,2-4,7-9H2,1H3,(H,28,32)/t15-,24?,25-/m0/s1. The number of nitrogens with zero attached hydrogens (tertiary/aromatic N) is 2. The number of nitrogens with one attached hydrogen (secondary N) is 1. The fourth-order valence-electron chi connectivity index (χ4n) is 5.85. The molecule has 1 unspecified atom stereocenters. The van der Waals surface area contributed by atoms with E-state index < -0.39 is 36.3 Å². The van der Waals surface area contributed by atoms with E-state index >= 15 is 0 Å². The zero-order chi connectivity index (χ0) is 25.5. The minimum atomic E-state index is -1.77. The number of halogens is 2. The number of aliphatic hydroxyl groups excluding tert-OH is 2. The van der Waals surface area contributed by atoms with Crippen LogP contribution in [0.1, 0.15) is 53.6 Å². The van der Waals surface area contributed by atoms with Crippen molar-refractivity contribution in [3.05, 3.63) is 60.6 Å². The maximum atomic E-state index is 14.8. The number of aromatic nitrogens is 2. The Hall–Kier alpha value is -2.70. The SMILES string of the molecule is CC[C@]1(O)c2cc3n(c(=O)c2COC1O)Cc1c-3nc2cc(F)c(Br)c3c2c1[C@@H](NC(=O)CO)CC3. The van der Waals surface area contributed by atoms with Crippen molar-refractivity contribution in [1.29, 1.82) is 0 Å². The summed E-state index contributed by atoms with van der Waals surface area (Å²) in [5, 5.41) is 34.5. The third-order valence-electron chi connectivity index (χ3n) is 7.68. The summed E-state index contributed by atoms with van der Waals surface area (Å²) >= 11 is 3.35. The minimum absolute atomic E-state index is 0.116. The molecule has 11 heteroatoms. The van der Waals surface area contributed by atoms with Crippen LogP contribution in [0.15, 0.2) is 21.4 Å².